The fourth-order valence-electron chi connectivity index (χ4n) is 3.58. The predicted octanol–water partition coefficient (Wildman–Crippen LogP) is 6.10. The minimum Gasteiger partial charge on any atom is -0.298 e. The van der Waals surface area contributed by atoms with E-state index in [1.807, 2.05) is 13.0 Å². The van der Waals surface area contributed by atoms with Crippen molar-refractivity contribution >= 4 is 27.2 Å². The van der Waals surface area contributed by atoms with E-state index in [4.69, 9.17) is 0 Å². The van der Waals surface area contributed by atoms with Gasteiger partial charge in [0.15, 0.2) is 6.29 Å². The zero-order chi connectivity index (χ0) is 22.3. The summed E-state index contributed by atoms with van der Waals surface area (Å²) in [6.07, 6.45) is 10.3. The molecule has 0 bridgehead atoms. The lowest BCUT2D eigenvalue weighted by atomic mass is 10.1. The molecule has 0 atom stereocenters. The van der Waals surface area contributed by atoms with E-state index in [9.17, 15) is 13.2 Å². The van der Waals surface area contributed by atoms with Gasteiger partial charge in [0.25, 0.3) is 10.0 Å². The van der Waals surface area contributed by atoms with Crippen LogP contribution in [-0.2, 0) is 10.0 Å². The van der Waals surface area contributed by atoms with Crippen LogP contribution in [0.1, 0.15) is 73.4 Å². The second-order valence-corrected chi connectivity index (χ2v) is 9.68. The van der Waals surface area contributed by atoms with Crippen molar-refractivity contribution in [2.45, 2.75) is 63.7 Å². The van der Waals surface area contributed by atoms with Crippen molar-refractivity contribution in [2.75, 3.05) is 0 Å². The van der Waals surface area contributed by atoms with E-state index in [0.717, 1.165) is 24.0 Å². The monoisotopic (exact) mass is 435 g/mol. The maximum absolute atomic E-state index is 13.1. The Labute approximate surface area is 185 Å². The largest absolute Gasteiger partial charge is 0.298 e. The molecule has 3 aromatic rings. The van der Waals surface area contributed by atoms with Crippen LogP contribution in [0, 0.1) is 18.8 Å². The Morgan fingerprint density at radius 2 is 1.68 bits per heavy atom. The molecule has 3 rings (SSSR count). The average Bonchev–Trinajstić information content (AvgIpc) is 3.15. The number of hydrogen-bond acceptors (Lipinski definition) is 3. The molecule has 0 aliphatic rings. The molecular formula is C26H29NO3S. The molecule has 2 aromatic carbocycles. The number of aryl methyl sites for hydroxylation is 1. The Bertz CT molecular complexity index is 1210. The number of benzene rings is 2. The first-order valence-electron chi connectivity index (χ1n) is 10.9. The van der Waals surface area contributed by atoms with Crippen molar-refractivity contribution in [1.29, 1.82) is 0 Å². The highest BCUT2D eigenvalue weighted by Crippen LogP contribution is 2.26. The highest BCUT2D eigenvalue weighted by molar-refractivity contribution is 7.90. The molecule has 0 fully saturated rings. The summed E-state index contributed by atoms with van der Waals surface area (Å²) in [6, 6.07) is 12.0. The molecular weight excluding hydrogens is 406 g/mol. The fraction of sp³-hybridized carbons (Fsp3) is 0.346. The fourth-order valence-corrected chi connectivity index (χ4v) is 4.96. The van der Waals surface area contributed by atoms with Gasteiger partial charge in [-0.15, -0.1) is 0 Å². The number of hydrogen-bond donors (Lipinski definition) is 0. The third-order valence-corrected chi connectivity index (χ3v) is 7.08. The highest BCUT2D eigenvalue weighted by atomic mass is 32.2. The van der Waals surface area contributed by atoms with Gasteiger partial charge < -0.3 is 0 Å². The van der Waals surface area contributed by atoms with E-state index in [-0.39, 0.29) is 4.90 Å². The van der Waals surface area contributed by atoms with Gasteiger partial charge in [0.1, 0.15) is 0 Å². The number of unbranched alkanes of at least 4 members (excludes halogenated alkanes) is 6. The lowest BCUT2D eigenvalue weighted by Crippen LogP contribution is -2.11. The maximum Gasteiger partial charge on any atom is 0.268 e. The van der Waals surface area contributed by atoms with Gasteiger partial charge in [-0.1, -0.05) is 68.6 Å². The second-order valence-electron chi connectivity index (χ2n) is 7.87. The summed E-state index contributed by atoms with van der Waals surface area (Å²) in [7, 11) is -3.80. The molecule has 0 radical (unpaired) electrons. The molecule has 0 amide bonds. The minimum absolute atomic E-state index is 0.190. The normalized spacial score (nSPS) is 11.3. The van der Waals surface area contributed by atoms with Crippen molar-refractivity contribution in [3.8, 4) is 11.8 Å². The lowest BCUT2D eigenvalue weighted by Gasteiger charge is -2.08. The van der Waals surface area contributed by atoms with E-state index in [2.05, 4.69) is 18.8 Å². The van der Waals surface area contributed by atoms with Crippen molar-refractivity contribution in [2.24, 2.45) is 0 Å². The number of aldehydes is 1. The Morgan fingerprint density at radius 3 is 2.39 bits per heavy atom. The van der Waals surface area contributed by atoms with Crippen LogP contribution < -0.4 is 0 Å². The van der Waals surface area contributed by atoms with Gasteiger partial charge in [-0.05, 0) is 43.7 Å². The number of nitrogens with zero attached hydrogens (tertiary/aromatic N) is 1. The Hall–Kier alpha value is -2.84. The zero-order valence-corrected chi connectivity index (χ0v) is 19.0. The second kappa shape index (κ2) is 10.5. The standard InChI is InChI=1S/C26H29NO3S/c1-3-4-5-6-7-8-9-10-11-22-14-17-26-25(18-22)23(20-28)19-27(26)31(29,30)24-15-12-21(2)13-16-24/h12-20H,3-9H2,1-2H3. The van der Waals surface area contributed by atoms with Gasteiger partial charge in [0.2, 0.25) is 0 Å². The van der Waals surface area contributed by atoms with Gasteiger partial charge in [0.05, 0.1) is 10.4 Å². The van der Waals surface area contributed by atoms with Crippen molar-refractivity contribution in [1.82, 2.24) is 3.97 Å². The SMILES string of the molecule is CCCCCCCCC#Cc1ccc2c(c1)c(C=O)cn2S(=O)(=O)c1ccc(C)cc1. The van der Waals surface area contributed by atoms with Crippen LogP contribution in [0.15, 0.2) is 53.6 Å². The van der Waals surface area contributed by atoms with E-state index >= 15 is 0 Å². The molecule has 0 aliphatic heterocycles. The van der Waals surface area contributed by atoms with Crippen LogP contribution in [0.2, 0.25) is 0 Å². The first-order chi connectivity index (χ1) is 15.0. The Balaban J connectivity index is 1.82. The molecule has 0 N–H and O–H groups in total. The summed E-state index contributed by atoms with van der Waals surface area (Å²) in [5.41, 5.74) is 2.58. The van der Waals surface area contributed by atoms with Crippen LogP contribution in [0.5, 0.6) is 0 Å². The highest BCUT2D eigenvalue weighted by Gasteiger charge is 2.21. The lowest BCUT2D eigenvalue weighted by molar-refractivity contribution is 0.112. The molecule has 31 heavy (non-hydrogen) atoms. The third-order valence-electron chi connectivity index (χ3n) is 5.39. The first kappa shape index (κ1) is 22.8. The maximum atomic E-state index is 13.1. The number of rotatable bonds is 9. The molecule has 4 nitrogen and oxygen atoms in total. The van der Waals surface area contributed by atoms with Crippen molar-refractivity contribution in [3.05, 3.63) is 65.4 Å². The zero-order valence-electron chi connectivity index (χ0n) is 18.2. The number of carbonyl (C=O) groups excluding carboxylic acids is 1. The summed E-state index contributed by atoms with van der Waals surface area (Å²) >= 11 is 0. The molecule has 0 unspecified atom stereocenters. The summed E-state index contributed by atoms with van der Waals surface area (Å²) in [5.74, 6) is 6.35. The summed E-state index contributed by atoms with van der Waals surface area (Å²) in [4.78, 5) is 11.8. The van der Waals surface area contributed by atoms with Crippen molar-refractivity contribution in [3.63, 3.8) is 0 Å². The van der Waals surface area contributed by atoms with E-state index < -0.39 is 10.0 Å². The number of aromatic nitrogens is 1. The molecule has 1 aromatic heterocycles. The third kappa shape index (κ3) is 5.45. The Morgan fingerprint density at radius 1 is 0.968 bits per heavy atom. The van der Waals surface area contributed by atoms with E-state index in [1.165, 1.54) is 42.3 Å². The van der Waals surface area contributed by atoms with Crippen LogP contribution >= 0.6 is 0 Å². The Kier molecular flexibility index (Phi) is 7.70. The molecule has 162 valence electrons. The quantitative estimate of drug-likeness (QED) is 0.232. The van der Waals surface area contributed by atoms with Gasteiger partial charge in [-0.25, -0.2) is 12.4 Å². The molecule has 0 spiro atoms. The van der Waals surface area contributed by atoms with Gasteiger partial charge in [0, 0.05) is 29.1 Å². The molecule has 0 saturated heterocycles. The number of carbonyl (C=O) groups is 1. The predicted molar refractivity (Wildman–Crippen MR) is 126 cm³/mol. The van der Waals surface area contributed by atoms with Crippen LogP contribution in [0.4, 0.5) is 0 Å². The minimum atomic E-state index is -3.80. The first-order valence-corrected chi connectivity index (χ1v) is 12.3. The summed E-state index contributed by atoms with van der Waals surface area (Å²) in [5, 5.41) is 0.594. The van der Waals surface area contributed by atoms with E-state index in [1.54, 1.807) is 36.4 Å². The van der Waals surface area contributed by atoms with Crippen LogP contribution in [-0.4, -0.2) is 18.7 Å². The van der Waals surface area contributed by atoms with Gasteiger partial charge >= 0.3 is 0 Å². The molecule has 5 heteroatoms. The van der Waals surface area contributed by atoms with Gasteiger partial charge in [-0.3, -0.25) is 4.79 Å². The molecule has 1 heterocycles. The number of fused-ring (bicyclic) bond motifs is 1. The molecule has 0 saturated carbocycles. The molecule has 0 aliphatic carbocycles. The van der Waals surface area contributed by atoms with Crippen molar-refractivity contribution < 1.29 is 13.2 Å². The van der Waals surface area contributed by atoms with Gasteiger partial charge in [-0.2, -0.15) is 0 Å². The average molecular weight is 436 g/mol. The van der Waals surface area contributed by atoms with Crippen LogP contribution in [0.3, 0.4) is 0 Å². The van der Waals surface area contributed by atoms with Crippen LogP contribution in [0.25, 0.3) is 10.9 Å². The van der Waals surface area contributed by atoms with E-state index in [0.29, 0.717) is 22.8 Å². The smallest absolute Gasteiger partial charge is 0.268 e. The summed E-state index contributed by atoms with van der Waals surface area (Å²) < 4.78 is 27.4. The topological polar surface area (TPSA) is 56.1 Å². The summed E-state index contributed by atoms with van der Waals surface area (Å²) in [6.45, 7) is 4.12.